The minimum atomic E-state index is -0.247. The molecule has 0 aromatic heterocycles. The minimum Gasteiger partial charge on any atom is -0.378 e. The summed E-state index contributed by atoms with van der Waals surface area (Å²) in [6, 6.07) is 15.3. The molecule has 0 aliphatic carbocycles. The molecule has 1 saturated heterocycles. The van der Waals surface area contributed by atoms with Gasteiger partial charge in [-0.3, -0.25) is 4.79 Å². The topological polar surface area (TPSA) is 53.9 Å². The van der Waals surface area contributed by atoms with Gasteiger partial charge in [-0.15, -0.1) is 0 Å². The van der Waals surface area contributed by atoms with Gasteiger partial charge in [-0.25, -0.2) is 5.43 Å². The highest BCUT2D eigenvalue weighted by atomic mass is 79.9. The van der Waals surface area contributed by atoms with E-state index in [0.717, 1.165) is 36.3 Å². The van der Waals surface area contributed by atoms with Gasteiger partial charge < -0.3 is 9.64 Å². The summed E-state index contributed by atoms with van der Waals surface area (Å²) < 4.78 is 6.10. The van der Waals surface area contributed by atoms with Crippen molar-refractivity contribution in [1.82, 2.24) is 5.43 Å². The molecule has 1 fully saturated rings. The molecular formula is C18H18BrN3O2. The number of morpholine rings is 1. The van der Waals surface area contributed by atoms with Crippen LogP contribution in [0.2, 0.25) is 0 Å². The predicted octanol–water partition coefficient (Wildman–Crippen LogP) is 3.05. The number of benzene rings is 2. The number of carbonyl (C=O) groups is 1. The molecule has 2 aromatic rings. The molecule has 0 unspecified atom stereocenters. The first-order valence-electron chi connectivity index (χ1n) is 7.75. The van der Waals surface area contributed by atoms with Crippen LogP contribution < -0.4 is 10.3 Å². The summed E-state index contributed by atoms with van der Waals surface area (Å²) in [6.07, 6.45) is 1.64. The molecule has 24 heavy (non-hydrogen) atoms. The Kier molecular flexibility index (Phi) is 5.61. The normalized spacial score (nSPS) is 14.8. The van der Waals surface area contributed by atoms with Crippen molar-refractivity contribution in [3.63, 3.8) is 0 Å². The molecule has 124 valence electrons. The van der Waals surface area contributed by atoms with Crippen molar-refractivity contribution < 1.29 is 9.53 Å². The van der Waals surface area contributed by atoms with Crippen LogP contribution in [0.3, 0.4) is 0 Å². The van der Waals surface area contributed by atoms with E-state index in [1.54, 1.807) is 12.3 Å². The molecule has 0 bridgehead atoms. The van der Waals surface area contributed by atoms with Gasteiger partial charge >= 0.3 is 0 Å². The Morgan fingerprint density at radius 3 is 2.54 bits per heavy atom. The lowest BCUT2D eigenvalue weighted by molar-refractivity contribution is 0.0954. The van der Waals surface area contributed by atoms with E-state index in [1.807, 2.05) is 30.3 Å². The highest BCUT2D eigenvalue weighted by molar-refractivity contribution is 9.10. The summed E-state index contributed by atoms with van der Waals surface area (Å²) in [5, 5.41) is 4.02. The van der Waals surface area contributed by atoms with E-state index in [2.05, 4.69) is 43.5 Å². The number of nitrogens with zero attached hydrogens (tertiary/aromatic N) is 2. The number of ether oxygens (including phenoxy) is 1. The lowest BCUT2D eigenvalue weighted by Gasteiger charge is -2.28. The lowest BCUT2D eigenvalue weighted by Crippen LogP contribution is -2.36. The summed E-state index contributed by atoms with van der Waals surface area (Å²) in [7, 11) is 0. The highest BCUT2D eigenvalue weighted by Gasteiger charge is 2.10. The molecule has 1 aliphatic heterocycles. The van der Waals surface area contributed by atoms with Crippen molar-refractivity contribution >= 4 is 33.7 Å². The summed E-state index contributed by atoms with van der Waals surface area (Å²) in [6.45, 7) is 3.36. The van der Waals surface area contributed by atoms with Crippen LogP contribution in [0.1, 0.15) is 15.9 Å². The maximum absolute atomic E-state index is 12.0. The van der Waals surface area contributed by atoms with E-state index < -0.39 is 0 Å². The van der Waals surface area contributed by atoms with Crippen LogP contribution in [0.4, 0.5) is 5.69 Å². The van der Waals surface area contributed by atoms with Crippen molar-refractivity contribution in [2.45, 2.75) is 0 Å². The molecule has 1 amide bonds. The molecule has 1 N–H and O–H groups in total. The summed E-state index contributed by atoms with van der Waals surface area (Å²) in [5.74, 6) is -0.247. The average molecular weight is 388 g/mol. The van der Waals surface area contributed by atoms with E-state index >= 15 is 0 Å². The predicted molar refractivity (Wildman–Crippen MR) is 98.7 cm³/mol. The van der Waals surface area contributed by atoms with Gasteiger partial charge in [0.25, 0.3) is 5.91 Å². The fraction of sp³-hybridized carbons (Fsp3) is 0.222. The van der Waals surface area contributed by atoms with Gasteiger partial charge in [0.2, 0.25) is 0 Å². The Balaban J connectivity index is 1.58. The lowest BCUT2D eigenvalue weighted by atomic mass is 10.2. The molecule has 1 aliphatic rings. The second-order valence-electron chi connectivity index (χ2n) is 5.37. The van der Waals surface area contributed by atoms with Gasteiger partial charge in [0, 0.05) is 23.2 Å². The minimum absolute atomic E-state index is 0.247. The van der Waals surface area contributed by atoms with Crippen LogP contribution >= 0.6 is 15.9 Å². The third kappa shape index (κ3) is 4.21. The van der Waals surface area contributed by atoms with Crippen molar-refractivity contribution in [3.8, 4) is 0 Å². The van der Waals surface area contributed by atoms with E-state index in [-0.39, 0.29) is 5.91 Å². The third-order valence-corrected chi connectivity index (χ3v) is 4.46. The number of carbonyl (C=O) groups excluding carboxylic acids is 1. The number of hydrogen-bond acceptors (Lipinski definition) is 4. The number of halogens is 1. The fourth-order valence-electron chi connectivity index (χ4n) is 2.46. The van der Waals surface area contributed by atoms with Gasteiger partial charge in [0.15, 0.2) is 0 Å². The Labute approximate surface area is 149 Å². The molecule has 5 nitrogen and oxygen atoms in total. The molecule has 0 atom stereocenters. The second kappa shape index (κ2) is 8.08. The van der Waals surface area contributed by atoms with E-state index in [1.165, 1.54) is 5.69 Å². The molecule has 2 aromatic carbocycles. The monoisotopic (exact) mass is 387 g/mol. The zero-order chi connectivity index (χ0) is 16.8. The summed E-state index contributed by atoms with van der Waals surface area (Å²) >= 11 is 3.35. The zero-order valence-electron chi connectivity index (χ0n) is 13.1. The second-order valence-corrected chi connectivity index (χ2v) is 6.22. The number of amides is 1. The van der Waals surface area contributed by atoms with Gasteiger partial charge in [-0.2, -0.15) is 5.10 Å². The van der Waals surface area contributed by atoms with Crippen LogP contribution in [0.25, 0.3) is 0 Å². The first-order valence-corrected chi connectivity index (χ1v) is 8.54. The number of hydrazone groups is 1. The van der Waals surface area contributed by atoms with E-state index in [0.29, 0.717) is 5.56 Å². The van der Waals surface area contributed by atoms with Gasteiger partial charge in [-0.05, 0) is 45.8 Å². The Morgan fingerprint density at radius 1 is 1.12 bits per heavy atom. The molecule has 0 spiro atoms. The smallest absolute Gasteiger partial charge is 0.272 e. The maximum Gasteiger partial charge on any atom is 0.272 e. The first kappa shape index (κ1) is 16.7. The third-order valence-electron chi connectivity index (χ3n) is 3.77. The van der Waals surface area contributed by atoms with Crippen LogP contribution in [0.5, 0.6) is 0 Å². The zero-order valence-corrected chi connectivity index (χ0v) is 14.7. The molecule has 6 heteroatoms. The fourth-order valence-corrected chi connectivity index (χ4v) is 2.93. The van der Waals surface area contributed by atoms with Crippen molar-refractivity contribution in [2.75, 3.05) is 31.2 Å². The van der Waals surface area contributed by atoms with Crippen LogP contribution in [0.15, 0.2) is 58.1 Å². The summed E-state index contributed by atoms with van der Waals surface area (Å²) in [4.78, 5) is 14.3. The van der Waals surface area contributed by atoms with E-state index in [9.17, 15) is 4.79 Å². The Morgan fingerprint density at radius 2 is 1.83 bits per heavy atom. The number of rotatable bonds is 4. The molecule has 3 rings (SSSR count). The first-order chi connectivity index (χ1) is 11.7. The molecule has 1 heterocycles. The van der Waals surface area contributed by atoms with Crippen molar-refractivity contribution in [2.24, 2.45) is 5.10 Å². The van der Waals surface area contributed by atoms with Crippen molar-refractivity contribution in [1.29, 1.82) is 0 Å². The Bertz CT molecular complexity index is 725. The quantitative estimate of drug-likeness (QED) is 0.647. The van der Waals surface area contributed by atoms with Crippen LogP contribution in [-0.4, -0.2) is 38.4 Å². The van der Waals surface area contributed by atoms with Crippen molar-refractivity contribution in [3.05, 3.63) is 64.1 Å². The Hall–Kier alpha value is -2.18. The van der Waals surface area contributed by atoms with Gasteiger partial charge in [0.05, 0.1) is 25.0 Å². The van der Waals surface area contributed by atoms with Gasteiger partial charge in [0.1, 0.15) is 0 Å². The standard InChI is InChI=1S/C18H18BrN3O2/c19-17-4-2-1-3-16(17)18(23)21-20-13-14-5-7-15(8-6-14)22-9-11-24-12-10-22/h1-8,13H,9-12H2,(H,21,23)/b20-13+. The maximum atomic E-state index is 12.0. The highest BCUT2D eigenvalue weighted by Crippen LogP contribution is 2.16. The molecule has 0 saturated carbocycles. The number of hydrogen-bond donors (Lipinski definition) is 1. The SMILES string of the molecule is O=C(N/N=C/c1ccc(N2CCOCC2)cc1)c1ccccc1Br. The summed E-state index contributed by atoms with van der Waals surface area (Å²) in [5.41, 5.74) is 5.20. The number of nitrogens with one attached hydrogen (secondary N) is 1. The average Bonchev–Trinajstić information content (AvgIpc) is 2.63. The largest absolute Gasteiger partial charge is 0.378 e. The number of anilines is 1. The van der Waals surface area contributed by atoms with Crippen LogP contribution in [-0.2, 0) is 4.74 Å². The van der Waals surface area contributed by atoms with Gasteiger partial charge in [-0.1, -0.05) is 24.3 Å². The molecular weight excluding hydrogens is 370 g/mol. The van der Waals surface area contributed by atoms with Crippen LogP contribution in [0, 0.1) is 0 Å². The molecule has 0 radical (unpaired) electrons. The van der Waals surface area contributed by atoms with E-state index in [4.69, 9.17) is 4.74 Å².